The highest BCUT2D eigenvalue weighted by atomic mass is 28.4. The van der Waals surface area contributed by atoms with Crippen LogP contribution in [0.4, 0.5) is 4.79 Å². The molecule has 0 aromatic rings. The van der Waals surface area contributed by atoms with Gasteiger partial charge in [0, 0.05) is 0 Å². The number of rotatable bonds is 15. The first-order valence-electron chi connectivity index (χ1n) is 11.1. The highest BCUT2D eigenvalue weighted by Crippen LogP contribution is 2.42. The van der Waals surface area contributed by atoms with Crippen molar-refractivity contribution in [2.24, 2.45) is 0 Å². The van der Waals surface area contributed by atoms with Gasteiger partial charge < -0.3 is 9.16 Å². The summed E-state index contributed by atoms with van der Waals surface area (Å²) in [7, 11) is -2.17. The zero-order valence-corrected chi connectivity index (χ0v) is 19.7. The maximum absolute atomic E-state index is 12.2. The topological polar surface area (TPSA) is 35.5 Å². The first-order chi connectivity index (χ1) is 12.3. The lowest BCUT2D eigenvalue weighted by Crippen LogP contribution is -2.49. The Balaban J connectivity index is 3.91. The molecule has 0 spiro atoms. The van der Waals surface area contributed by atoms with Crippen LogP contribution in [0.15, 0.2) is 0 Å². The summed E-state index contributed by atoms with van der Waals surface area (Å²) in [5.74, 6) is 0. The molecule has 0 amide bonds. The number of carbonyl (C=O) groups is 1. The van der Waals surface area contributed by atoms with Gasteiger partial charge in [-0.1, -0.05) is 106 Å². The quantitative estimate of drug-likeness (QED) is 0.161. The van der Waals surface area contributed by atoms with E-state index in [1.807, 2.05) is 0 Å². The lowest BCUT2D eigenvalue weighted by Gasteiger charge is -2.40. The highest BCUT2D eigenvalue weighted by Gasteiger charge is 2.48. The van der Waals surface area contributed by atoms with Crippen molar-refractivity contribution in [3.8, 4) is 0 Å². The number of unbranched alkanes of at least 4 members (excludes halogenated alkanes) is 9. The fraction of sp³-hybridized carbons (Fsp3) is 0.955. The van der Waals surface area contributed by atoms with Gasteiger partial charge in [-0.15, -0.1) is 0 Å². The third-order valence-corrected chi connectivity index (χ3v) is 11.6. The normalized spacial score (nSPS) is 12.2. The van der Waals surface area contributed by atoms with Gasteiger partial charge >= 0.3 is 6.16 Å². The highest BCUT2D eigenvalue weighted by molar-refractivity contribution is 6.78. The summed E-state index contributed by atoms with van der Waals surface area (Å²) in [5, 5.41) is 0. The summed E-state index contributed by atoms with van der Waals surface area (Å²) >= 11 is 0. The van der Waals surface area contributed by atoms with Crippen LogP contribution in [0.3, 0.4) is 0 Å². The van der Waals surface area contributed by atoms with Crippen molar-refractivity contribution < 1.29 is 14.0 Å². The molecule has 0 aliphatic carbocycles. The van der Waals surface area contributed by atoms with E-state index in [9.17, 15) is 4.79 Å². The van der Waals surface area contributed by atoms with E-state index in [1.54, 1.807) is 0 Å². The van der Waals surface area contributed by atoms with E-state index in [0.29, 0.717) is 23.2 Å². The van der Waals surface area contributed by atoms with Crippen molar-refractivity contribution in [1.82, 2.24) is 0 Å². The number of hydrogen-bond acceptors (Lipinski definition) is 3. The van der Waals surface area contributed by atoms with Crippen LogP contribution < -0.4 is 0 Å². The number of carbonyl (C=O) groups excluding carboxylic acids is 1. The van der Waals surface area contributed by atoms with Gasteiger partial charge in [-0.25, -0.2) is 4.79 Å². The van der Waals surface area contributed by atoms with Gasteiger partial charge in [-0.2, -0.15) is 0 Å². The molecular formula is C22H46O3Si. The second-order valence-corrected chi connectivity index (χ2v) is 14.1. The fourth-order valence-electron chi connectivity index (χ4n) is 4.27. The van der Waals surface area contributed by atoms with Crippen molar-refractivity contribution in [3.05, 3.63) is 0 Å². The molecule has 26 heavy (non-hydrogen) atoms. The molecule has 3 nitrogen and oxygen atoms in total. The van der Waals surface area contributed by atoms with Crippen molar-refractivity contribution in [3.63, 3.8) is 0 Å². The summed E-state index contributed by atoms with van der Waals surface area (Å²) < 4.78 is 11.4. The minimum Gasteiger partial charge on any atom is -0.488 e. The first-order valence-corrected chi connectivity index (χ1v) is 13.3. The first kappa shape index (κ1) is 25.5. The average molecular weight is 387 g/mol. The molecule has 0 atom stereocenters. The smallest absolute Gasteiger partial charge is 0.488 e. The Kier molecular flexibility index (Phi) is 14.2. The molecule has 0 bridgehead atoms. The predicted molar refractivity (Wildman–Crippen MR) is 115 cm³/mol. The van der Waals surface area contributed by atoms with Crippen LogP contribution in [-0.4, -0.2) is 21.1 Å². The van der Waals surface area contributed by atoms with Gasteiger partial charge in [-0.3, -0.25) is 0 Å². The minimum atomic E-state index is -2.17. The van der Waals surface area contributed by atoms with Crippen molar-refractivity contribution >= 4 is 14.5 Å². The van der Waals surface area contributed by atoms with Crippen molar-refractivity contribution in [2.75, 3.05) is 6.61 Å². The van der Waals surface area contributed by atoms with Crippen LogP contribution in [-0.2, 0) is 9.16 Å². The predicted octanol–water partition coefficient (Wildman–Crippen LogP) is 8.24. The Hall–Kier alpha value is -0.513. The Morgan fingerprint density at radius 1 is 0.692 bits per heavy atom. The van der Waals surface area contributed by atoms with E-state index in [0.717, 1.165) is 12.8 Å². The fourth-order valence-corrected chi connectivity index (χ4v) is 9.33. The van der Waals surface area contributed by atoms with Crippen LogP contribution in [0.2, 0.25) is 16.6 Å². The molecule has 0 aliphatic rings. The van der Waals surface area contributed by atoms with E-state index in [2.05, 4.69) is 48.5 Å². The molecule has 0 N–H and O–H groups in total. The van der Waals surface area contributed by atoms with Gasteiger partial charge in [0.15, 0.2) is 0 Å². The molecular weight excluding hydrogens is 340 g/mol. The maximum atomic E-state index is 12.2. The Labute approximate surface area is 164 Å². The third-order valence-electron chi connectivity index (χ3n) is 5.69. The van der Waals surface area contributed by atoms with Crippen LogP contribution in [0.5, 0.6) is 0 Å². The molecule has 0 heterocycles. The molecule has 4 heteroatoms. The maximum Gasteiger partial charge on any atom is 0.494 e. The monoisotopic (exact) mass is 386 g/mol. The lowest BCUT2D eigenvalue weighted by molar-refractivity contribution is 0.0912. The molecule has 0 aliphatic heterocycles. The van der Waals surface area contributed by atoms with Gasteiger partial charge in [0.2, 0.25) is 0 Å². The van der Waals surface area contributed by atoms with E-state index < -0.39 is 14.5 Å². The molecule has 0 rings (SSSR count). The summed E-state index contributed by atoms with van der Waals surface area (Å²) in [6.45, 7) is 15.8. The summed E-state index contributed by atoms with van der Waals surface area (Å²) in [5.41, 5.74) is 1.19. The van der Waals surface area contributed by atoms with E-state index in [4.69, 9.17) is 9.16 Å². The standard InChI is InChI=1S/C22H46O3Si/c1-8-9-10-11-12-13-14-15-16-17-18-24-22(23)25-26(19(2)3,20(4)5)21(6)7/h19-21H,8-18H2,1-7H3. The van der Waals surface area contributed by atoms with Crippen LogP contribution >= 0.6 is 0 Å². The zero-order chi connectivity index (χ0) is 20.0. The van der Waals surface area contributed by atoms with E-state index in [1.165, 1.54) is 51.4 Å². The number of ether oxygens (including phenoxy) is 1. The van der Waals surface area contributed by atoms with Crippen LogP contribution in [0.1, 0.15) is 113 Å². The second kappa shape index (κ2) is 14.5. The summed E-state index contributed by atoms with van der Waals surface area (Å²) in [4.78, 5) is 12.2. The Morgan fingerprint density at radius 3 is 1.46 bits per heavy atom. The van der Waals surface area contributed by atoms with Crippen LogP contribution in [0.25, 0.3) is 0 Å². The summed E-state index contributed by atoms with van der Waals surface area (Å²) in [6, 6.07) is 0. The SMILES string of the molecule is CCCCCCCCCCCCOC(=O)O[Si](C(C)C)(C(C)C)C(C)C. The zero-order valence-electron chi connectivity index (χ0n) is 18.7. The van der Waals surface area contributed by atoms with Gasteiger partial charge in [0.25, 0.3) is 8.32 Å². The van der Waals surface area contributed by atoms with E-state index >= 15 is 0 Å². The van der Waals surface area contributed by atoms with Gasteiger partial charge in [0.05, 0.1) is 6.61 Å². The molecule has 0 unspecified atom stereocenters. The molecule has 0 aromatic carbocycles. The molecule has 0 radical (unpaired) electrons. The Bertz CT molecular complexity index is 332. The van der Waals surface area contributed by atoms with Crippen molar-refractivity contribution in [2.45, 2.75) is 129 Å². The third kappa shape index (κ3) is 9.43. The average Bonchev–Trinajstić information content (AvgIpc) is 2.56. The second-order valence-electron chi connectivity index (χ2n) is 8.70. The minimum absolute atomic E-state index is 0.396. The molecule has 0 aromatic heterocycles. The molecule has 0 fully saturated rings. The van der Waals surface area contributed by atoms with Crippen LogP contribution in [0, 0.1) is 0 Å². The van der Waals surface area contributed by atoms with E-state index in [-0.39, 0.29) is 0 Å². The lowest BCUT2D eigenvalue weighted by atomic mass is 10.1. The molecule has 156 valence electrons. The largest absolute Gasteiger partial charge is 0.494 e. The molecule has 0 saturated heterocycles. The molecule has 0 saturated carbocycles. The van der Waals surface area contributed by atoms with Gasteiger partial charge in [0.1, 0.15) is 0 Å². The number of hydrogen-bond donors (Lipinski definition) is 0. The summed E-state index contributed by atoms with van der Waals surface area (Å²) in [6.07, 6.45) is 12.4. The van der Waals surface area contributed by atoms with Gasteiger partial charge in [-0.05, 0) is 23.0 Å². The van der Waals surface area contributed by atoms with Crippen molar-refractivity contribution in [1.29, 1.82) is 0 Å². The Morgan fingerprint density at radius 2 is 1.08 bits per heavy atom.